The van der Waals surface area contributed by atoms with E-state index >= 15 is 0 Å². The third-order valence-corrected chi connectivity index (χ3v) is 5.96. The van der Waals surface area contributed by atoms with Crippen molar-refractivity contribution in [3.8, 4) is 11.5 Å². The molecule has 7 heteroatoms. The van der Waals surface area contributed by atoms with Gasteiger partial charge in [0.15, 0.2) is 0 Å². The van der Waals surface area contributed by atoms with Crippen LogP contribution >= 0.6 is 11.3 Å². The molecule has 2 aromatic carbocycles. The maximum absolute atomic E-state index is 13.5. The first kappa shape index (κ1) is 17.6. The maximum atomic E-state index is 13.5. The van der Waals surface area contributed by atoms with Crippen molar-refractivity contribution >= 4 is 27.5 Å². The molecule has 4 aromatic rings. The summed E-state index contributed by atoms with van der Waals surface area (Å²) in [5.41, 5.74) is 2.13. The second-order valence-electron chi connectivity index (χ2n) is 6.95. The fraction of sp³-hybridized carbons (Fsp3) is 0.136. The van der Waals surface area contributed by atoms with Gasteiger partial charge >= 0.3 is 0 Å². The molecule has 0 unspecified atom stereocenters. The van der Waals surface area contributed by atoms with E-state index in [2.05, 4.69) is 9.97 Å². The van der Waals surface area contributed by atoms with Crippen molar-refractivity contribution in [1.82, 2.24) is 14.9 Å². The number of carbonyl (C=O) groups excluding carboxylic acids is 1. The average Bonchev–Trinajstić information content (AvgIpc) is 3.20. The van der Waals surface area contributed by atoms with Crippen LogP contribution in [0.2, 0.25) is 0 Å². The molecular weight excluding hydrogens is 386 g/mol. The van der Waals surface area contributed by atoms with E-state index in [1.807, 2.05) is 60.0 Å². The molecule has 0 aliphatic carbocycles. The van der Waals surface area contributed by atoms with Crippen molar-refractivity contribution in [3.63, 3.8) is 0 Å². The second-order valence-corrected chi connectivity index (χ2v) is 7.87. The molecule has 29 heavy (non-hydrogen) atoms. The van der Waals surface area contributed by atoms with Crippen LogP contribution in [-0.4, -0.2) is 27.8 Å². The normalized spacial score (nSPS) is 12.9. The van der Waals surface area contributed by atoms with Crippen molar-refractivity contribution in [3.05, 3.63) is 87.3 Å². The number of nitrogens with zero attached hydrogens (tertiary/aromatic N) is 2. The molecule has 0 radical (unpaired) electrons. The molecule has 0 atom stereocenters. The van der Waals surface area contributed by atoms with Crippen LogP contribution < -0.4 is 10.3 Å². The lowest BCUT2D eigenvalue weighted by Gasteiger charge is -2.30. The smallest absolute Gasteiger partial charge is 0.268 e. The largest absolute Gasteiger partial charge is 0.457 e. The first-order valence-corrected chi connectivity index (χ1v) is 10.1. The summed E-state index contributed by atoms with van der Waals surface area (Å²) in [7, 11) is 1.72. The highest BCUT2D eigenvalue weighted by atomic mass is 32.1. The zero-order chi connectivity index (χ0) is 20.0. The van der Waals surface area contributed by atoms with Gasteiger partial charge in [-0.1, -0.05) is 36.4 Å². The van der Waals surface area contributed by atoms with E-state index in [1.54, 1.807) is 11.9 Å². The van der Waals surface area contributed by atoms with Crippen LogP contribution in [0.1, 0.15) is 22.9 Å². The quantitative estimate of drug-likeness (QED) is 0.563. The lowest BCUT2D eigenvalue weighted by molar-refractivity contribution is -0.131. The predicted octanol–water partition coefficient (Wildman–Crippen LogP) is 3.88. The van der Waals surface area contributed by atoms with E-state index < -0.39 is 5.92 Å². The van der Waals surface area contributed by atoms with Crippen molar-refractivity contribution < 1.29 is 9.53 Å². The van der Waals surface area contributed by atoms with Gasteiger partial charge in [0, 0.05) is 18.2 Å². The minimum absolute atomic E-state index is 0.0822. The number of aromatic amines is 1. The topological polar surface area (TPSA) is 75.3 Å². The SMILES string of the molecule is CN(Cc1nc2ccsc2c(=O)[nH]1)C(=O)C1c2ccccc2Oc2ccccc21. The summed E-state index contributed by atoms with van der Waals surface area (Å²) in [5.74, 6) is 1.28. The Hall–Kier alpha value is -3.45. The standard InChI is InChI=1S/C22H17N3O3S/c1-25(12-18-23-15-10-11-29-20(15)21(26)24-18)22(27)19-13-6-2-4-8-16(13)28-17-9-5-3-7-14(17)19/h2-11,19H,12H2,1H3,(H,23,24,26). The highest BCUT2D eigenvalue weighted by Gasteiger charge is 2.34. The van der Waals surface area contributed by atoms with Gasteiger partial charge in [-0.3, -0.25) is 9.59 Å². The minimum atomic E-state index is -0.474. The monoisotopic (exact) mass is 403 g/mol. The fourth-order valence-corrected chi connectivity index (χ4v) is 4.42. The maximum Gasteiger partial charge on any atom is 0.268 e. The van der Waals surface area contributed by atoms with Crippen LogP contribution in [-0.2, 0) is 11.3 Å². The van der Waals surface area contributed by atoms with E-state index in [1.165, 1.54) is 11.3 Å². The number of ether oxygens (including phenoxy) is 1. The number of thiophene rings is 1. The Bertz CT molecular complexity index is 1250. The van der Waals surface area contributed by atoms with E-state index in [-0.39, 0.29) is 18.0 Å². The number of fused-ring (bicyclic) bond motifs is 3. The third kappa shape index (κ3) is 3.00. The van der Waals surface area contributed by atoms with Gasteiger partial charge in [-0.05, 0) is 23.6 Å². The van der Waals surface area contributed by atoms with Gasteiger partial charge in [0.25, 0.3) is 5.56 Å². The van der Waals surface area contributed by atoms with Gasteiger partial charge in [0.1, 0.15) is 22.0 Å². The van der Waals surface area contributed by atoms with Crippen LogP contribution in [0.4, 0.5) is 0 Å². The number of hydrogen-bond acceptors (Lipinski definition) is 5. The first-order valence-electron chi connectivity index (χ1n) is 9.19. The summed E-state index contributed by atoms with van der Waals surface area (Å²) in [6.07, 6.45) is 0. The molecule has 0 saturated carbocycles. The number of hydrogen-bond donors (Lipinski definition) is 1. The molecule has 0 fully saturated rings. The molecule has 1 amide bonds. The van der Waals surface area contributed by atoms with Gasteiger partial charge in [0.05, 0.1) is 18.0 Å². The second kappa shape index (κ2) is 6.86. The number of para-hydroxylation sites is 2. The zero-order valence-electron chi connectivity index (χ0n) is 15.6. The number of aromatic nitrogens is 2. The molecule has 144 valence electrons. The van der Waals surface area contributed by atoms with Gasteiger partial charge in [-0.15, -0.1) is 11.3 Å². The molecule has 5 rings (SSSR count). The fourth-order valence-electron chi connectivity index (χ4n) is 3.70. The summed E-state index contributed by atoms with van der Waals surface area (Å²) in [4.78, 5) is 34.6. The van der Waals surface area contributed by atoms with Crippen LogP contribution in [0.15, 0.2) is 64.8 Å². The van der Waals surface area contributed by atoms with Crippen LogP contribution in [0.5, 0.6) is 11.5 Å². The number of carbonyl (C=O) groups is 1. The van der Waals surface area contributed by atoms with Crippen molar-refractivity contribution in [1.29, 1.82) is 0 Å². The number of H-pyrrole nitrogens is 1. The molecule has 3 heterocycles. The Balaban J connectivity index is 1.50. The van der Waals surface area contributed by atoms with E-state index in [9.17, 15) is 9.59 Å². The number of amides is 1. The Labute approximate surface area is 170 Å². The average molecular weight is 403 g/mol. The summed E-state index contributed by atoms with van der Waals surface area (Å²) < 4.78 is 6.57. The number of rotatable bonds is 3. The summed E-state index contributed by atoms with van der Waals surface area (Å²) in [6.45, 7) is 0.210. The molecule has 1 aliphatic heterocycles. The summed E-state index contributed by atoms with van der Waals surface area (Å²) in [5, 5.41) is 1.83. The van der Waals surface area contributed by atoms with Crippen LogP contribution in [0.3, 0.4) is 0 Å². The first-order chi connectivity index (χ1) is 14.1. The molecule has 0 saturated heterocycles. The number of nitrogens with one attached hydrogen (secondary N) is 1. The van der Waals surface area contributed by atoms with E-state index in [0.717, 1.165) is 11.1 Å². The molecule has 6 nitrogen and oxygen atoms in total. The molecule has 1 aliphatic rings. The van der Waals surface area contributed by atoms with E-state index in [0.29, 0.717) is 27.5 Å². The Kier molecular flexibility index (Phi) is 4.17. The highest BCUT2D eigenvalue weighted by Crippen LogP contribution is 2.44. The van der Waals surface area contributed by atoms with Crippen molar-refractivity contribution in [2.75, 3.05) is 7.05 Å². The Morgan fingerprint density at radius 1 is 1.10 bits per heavy atom. The highest BCUT2D eigenvalue weighted by molar-refractivity contribution is 7.17. The zero-order valence-corrected chi connectivity index (χ0v) is 16.4. The van der Waals surface area contributed by atoms with Crippen LogP contribution in [0.25, 0.3) is 10.2 Å². The third-order valence-electron chi connectivity index (χ3n) is 5.05. The van der Waals surface area contributed by atoms with Crippen molar-refractivity contribution in [2.24, 2.45) is 0 Å². The number of likely N-dealkylation sites (N-methyl/N-ethyl adjacent to an activating group) is 1. The Morgan fingerprint density at radius 2 is 1.76 bits per heavy atom. The molecular formula is C22H17N3O3S. The van der Waals surface area contributed by atoms with Crippen molar-refractivity contribution in [2.45, 2.75) is 12.5 Å². The summed E-state index contributed by atoms with van der Waals surface area (Å²) >= 11 is 1.35. The van der Waals surface area contributed by atoms with E-state index in [4.69, 9.17) is 4.74 Å². The van der Waals surface area contributed by atoms with Gasteiger partial charge < -0.3 is 14.6 Å². The molecule has 0 spiro atoms. The number of benzene rings is 2. The van der Waals surface area contributed by atoms with Gasteiger partial charge in [-0.2, -0.15) is 0 Å². The van der Waals surface area contributed by atoms with Crippen LogP contribution in [0, 0.1) is 0 Å². The predicted molar refractivity (Wildman–Crippen MR) is 112 cm³/mol. The molecule has 2 aromatic heterocycles. The van der Waals surface area contributed by atoms with Gasteiger partial charge in [0.2, 0.25) is 5.91 Å². The molecule has 0 bridgehead atoms. The van der Waals surface area contributed by atoms with Gasteiger partial charge in [-0.25, -0.2) is 4.98 Å². The lowest BCUT2D eigenvalue weighted by atomic mass is 9.87. The minimum Gasteiger partial charge on any atom is -0.457 e. The molecule has 1 N–H and O–H groups in total. The lowest BCUT2D eigenvalue weighted by Crippen LogP contribution is -2.34. The summed E-state index contributed by atoms with van der Waals surface area (Å²) in [6, 6.07) is 17.0. The Morgan fingerprint density at radius 3 is 2.45 bits per heavy atom.